The molecule has 0 saturated heterocycles. The largest absolute Gasteiger partial charge is 0.362 e. The quantitative estimate of drug-likeness (QED) is 0.434. The van der Waals surface area contributed by atoms with E-state index in [2.05, 4.69) is 75.5 Å². The topological polar surface area (TPSA) is 37.0 Å². The Bertz CT molecular complexity index is 809. The fourth-order valence-electron chi connectivity index (χ4n) is 2.07. The van der Waals surface area contributed by atoms with Crippen LogP contribution < -0.4 is 10.6 Å². The van der Waals surface area contributed by atoms with Crippen LogP contribution in [0.3, 0.4) is 0 Å². The summed E-state index contributed by atoms with van der Waals surface area (Å²) in [7, 11) is 0. The standard InChI is InChI=1S/C15H14IN3S3/c1-9-3-2-4-11-13(9)18-15(22-11)19-14(20)17-8-7-10-5-6-12(16)21-10/h2-6H,7-8H2,1H3,(H2,17,18,19,20). The van der Waals surface area contributed by atoms with Gasteiger partial charge in [-0.2, -0.15) is 0 Å². The number of thiophene rings is 1. The predicted octanol–water partition coefficient (Wildman–Crippen LogP) is 4.80. The van der Waals surface area contributed by atoms with Crippen LogP contribution in [0, 0.1) is 9.81 Å². The first kappa shape index (κ1) is 16.1. The number of benzene rings is 1. The van der Waals surface area contributed by atoms with E-state index in [-0.39, 0.29) is 0 Å². The highest BCUT2D eigenvalue weighted by atomic mass is 127. The maximum atomic E-state index is 5.34. The van der Waals surface area contributed by atoms with Gasteiger partial charge in [0.05, 0.1) is 13.1 Å². The van der Waals surface area contributed by atoms with Crippen LogP contribution >= 0.6 is 57.5 Å². The van der Waals surface area contributed by atoms with Gasteiger partial charge in [0.25, 0.3) is 0 Å². The number of aryl methyl sites for hydroxylation is 1. The maximum Gasteiger partial charge on any atom is 0.190 e. The molecule has 3 aromatic rings. The highest BCUT2D eigenvalue weighted by molar-refractivity contribution is 14.1. The third kappa shape index (κ3) is 3.95. The molecule has 3 nitrogen and oxygen atoms in total. The molecule has 0 aliphatic heterocycles. The zero-order chi connectivity index (χ0) is 15.5. The van der Waals surface area contributed by atoms with Crippen LogP contribution in [0.25, 0.3) is 10.2 Å². The SMILES string of the molecule is Cc1cccc2sc(NC(=S)NCCc3ccc(I)s3)nc12. The first-order valence-corrected chi connectivity index (χ1v) is 9.89. The molecule has 0 unspecified atom stereocenters. The van der Waals surface area contributed by atoms with Crippen molar-refractivity contribution in [3.63, 3.8) is 0 Å². The van der Waals surface area contributed by atoms with Gasteiger partial charge in [0.2, 0.25) is 0 Å². The van der Waals surface area contributed by atoms with Crippen molar-refractivity contribution >= 4 is 77.9 Å². The van der Waals surface area contributed by atoms with Crippen LogP contribution in [0.1, 0.15) is 10.4 Å². The fraction of sp³-hybridized carbons (Fsp3) is 0.200. The second kappa shape index (κ2) is 7.20. The normalized spacial score (nSPS) is 10.8. The average molecular weight is 459 g/mol. The Morgan fingerprint density at radius 1 is 1.27 bits per heavy atom. The van der Waals surface area contributed by atoms with Crippen molar-refractivity contribution in [1.29, 1.82) is 0 Å². The Morgan fingerprint density at radius 3 is 2.86 bits per heavy atom. The van der Waals surface area contributed by atoms with Gasteiger partial charge in [-0.1, -0.05) is 23.5 Å². The first-order chi connectivity index (χ1) is 10.6. The van der Waals surface area contributed by atoms with Crippen LogP contribution in [0.15, 0.2) is 30.3 Å². The number of aromatic nitrogens is 1. The number of hydrogen-bond donors (Lipinski definition) is 2. The van der Waals surface area contributed by atoms with Gasteiger partial charge in [-0.05, 0) is 71.9 Å². The summed E-state index contributed by atoms with van der Waals surface area (Å²) in [6.07, 6.45) is 0.981. The number of fused-ring (bicyclic) bond motifs is 1. The van der Waals surface area contributed by atoms with E-state index in [1.165, 1.54) is 18.0 Å². The molecule has 0 fully saturated rings. The van der Waals surface area contributed by atoms with Gasteiger partial charge >= 0.3 is 0 Å². The molecule has 0 saturated carbocycles. The minimum atomic E-state index is 0.628. The molecule has 2 heterocycles. The van der Waals surface area contributed by atoms with Gasteiger partial charge in [0, 0.05) is 11.4 Å². The van der Waals surface area contributed by atoms with Gasteiger partial charge < -0.3 is 10.6 Å². The Kier molecular flexibility index (Phi) is 5.27. The molecule has 0 aliphatic rings. The summed E-state index contributed by atoms with van der Waals surface area (Å²) in [5.74, 6) is 0. The second-order valence-electron chi connectivity index (χ2n) is 4.78. The molecular weight excluding hydrogens is 445 g/mol. The predicted molar refractivity (Wildman–Crippen MR) is 109 cm³/mol. The molecule has 114 valence electrons. The number of hydrogen-bond acceptors (Lipinski definition) is 4. The van der Waals surface area contributed by atoms with Gasteiger partial charge in [0.1, 0.15) is 0 Å². The molecule has 3 rings (SSSR count). The molecule has 2 aromatic heterocycles. The molecule has 0 spiro atoms. The third-order valence-corrected chi connectivity index (χ3v) is 6.26. The lowest BCUT2D eigenvalue weighted by Gasteiger charge is -2.07. The van der Waals surface area contributed by atoms with E-state index < -0.39 is 0 Å². The Morgan fingerprint density at radius 2 is 2.14 bits per heavy atom. The summed E-state index contributed by atoms with van der Waals surface area (Å²) in [4.78, 5) is 5.97. The molecular formula is C15H14IN3S3. The number of nitrogens with one attached hydrogen (secondary N) is 2. The van der Waals surface area contributed by atoms with Gasteiger partial charge in [-0.3, -0.25) is 0 Å². The monoisotopic (exact) mass is 459 g/mol. The summed E-state index contributed by atoms with van der Waals surface area (Å²) < 4.78 is 2.50. The lowest BCUT2D eigenvalue weighted by Crippen LogP contribution is -2.29. The van der Waals surface area contributed by atoms with E-state index >= 15 is 0 Å². The van der Waals surface area contributed by atoms with E-state index in [4.69, 9.17) is 12.2 Å². The van der Waals surface area contributed by atoms with Crippen LogP contribution in [0.2, 0.25) is 0 Å². The smallest absolute Gasteiger partial charge is 0.190 e. The maximum absolute atomic E-state index is 5.34. The van der Waals surface area contributed by atoms with E-state index in [1.54, 1.807) is 11.3 Å². The van der Waals surface area contributed by atoms with E-state index in [0.29, 0.717) is 5.11 Å². The number of anilines is 1. The highest BCUT2D eigenvalue weighted by Crippen LogP contribution is 2.27. The Balaban J connectivity index is 1.55. The molecule has 0 radical (unpaired) electrons. The summed E-state index contributed by atoms with van der Waals surface area (Å²) >= 11 is 11.1. The van der Waals surface area contributed by atoms with E-state index in [0.717, 1.165) is 23.6 Å². The number of nitrogens with zero attached hydrogens (tertiary/aromatic N) is 1. The molecule has 7 heteroatoms. The number of thiocarbonyl (C=S) groups is 1. The molecule has 0 amide bonds. The summed E-state index contributed by atoms with van der Waals surface area (Å²) in [5.41, 5.74) is 2.24. The van der Waals surface area contributed by atoms with Crippen molar-refractivity contribution in [2.75, 3.05) is 11.9 Å². The highest BCUT2D eigenvalue weighted by Gasteiger charge is 2.07. The zero-order valence-electron chi connectivity index (χ0n) is 11.9. The number of rotatable bonds is 4. The minimum absolute atomic E-state index is 0.628. The summed E-state index contributed by atoms with van der Waals surface area (Å²) in [6.45, 7) is 2.90. The lowest BCUT2D eigenvalue weighted by molar-refractivity contribution is 0.885. The van der Waals surface area contributed by atoms with Crippen LogP contribution in [0.4, 0.5) is 5.13 Å². The van der Waals surface area contributed by atoms with Gasteiger partial charge in [-0.15, -0.1) is 11.3 Å². The van der Waals surface area contributed by atoms with Gasteiger partial charge in [-0.25, -0.2) is 4.98 Å². The van der Waals surface area contributed by atoms with E-state index in [1.807, 2.05) is 11.3 Å². The Hall–Kier alpha value is -0.770. The minimum Gasteiger partial charge on any atom is -0.362 e. The Labute approximate surface area is 156 Å². The molecule has 1 aromatic carbocycles. The molecule has 0 atom stereocenters. The van der Waals surface area contributed by atoms with Crippen LogP contribution in [-0.2, 0) is 6.42 Å². The van der Waals surface area contributed by atoms with Crippen molar-refractivity contribution in [2.45, 2.75) is 13.3 Å². The van der Waals surface area contributed by atoms with Crippen molar-refractivity contribution in [1.82, 2.24) is 10.3 Å². The summed E-state index contributed by atoms with van der Waals surface area (Å²) in [6, 6.07) is 10.5. The fourth-order valence-corrected chi connectivity index (χ4v) is 5.03. The number of thiazole rings is 1. The number of para-hydroxylation sites is 1. The van der Waals surface area contributed by atoms with Crippen molar-refractivity contribution in [3.05, 3.63) is 43.7 Å². The van der Waals surface area contributed by atoms with Crippen molar-refractivity contribution in [2.24, 2.45) is 0 Å². The van der Waals surface area contributed by atoms with Crippen molar-refractivity contribution < 1.29 is 0 Å². The lowest BCUT2D eigenvalue weighted by atomic mass is 10.2. The molecule has 2 N–H and O–H groups in total. The summed E-state index contributed by atoms with van der Waals surface area (Å²) in [5, 5.41) is 7.89. The third-order valence-electron chi connectivity index (χ3n) is 3.13. The van der Waals surface area contributed by atoms with E-state index in [9.17, 15) is 0 Å². The zero-order valence-corrected chi connectivity index (χ0v) is 16.5. The molecule has 22 heavy (non-hydrogen) atoms. The average Bonchev–Trinajstić information content (AvgIpc) is 3.06. The van der Waals surface area contributed by atoms with Crippen molar-refractivity contribution in [3.8, 4) is 0 Å². The molecule has 0 bridgehead atoms. The van der Waals surface area contributed by atoms with Crippen LogP contribution in [0.5, 0.6) is 0 Å². The second-order valence-corrected chi connectivity index (χ2v) is 9.28. The van der Waals surface area contributed by atoms with Crippen LogP contribution in [-0.4, -0.2) is 16.6 Å². The van der Waals surface area contributed by atoms with Gasteiger partial charge in [0.15, 0.2) is 10.2 Å². The first-order valence-electron chi connectivity index (χ1n) is 6.77. The number of halogens is 1. The molecule has 0 aliphatic carbocycles.